The van der Waals surface area contributed by atoms with Crippen LogP contribution in [0, 0.1) is 12.7 Å². The minimum absolute atomic E-state index is 0.115. The Labute approximate surface area is 95.4 Å². The second-order valence-electron chi connectivity index (χ2n) is 3.54. The molecular weight excluding hydrogens is 209 g/mol. The summed E-state index contributed by atoms with van der Waals surface area (Å²) in [5.41, 5.74) is 6.08. The van der Waals surface area contributed by atoms with Gasteiger partial charge < -0.3 is 15.2 Å². The normalized spacial score (nSPS) is 12.5. The van der Waals surface area contributed by atoms with Gasteiger partial charge in [0, 0.05) is 13.2 Å². The van der Waals surface area contributed by atoms with Crippen molar-refractivity contribution in [1.82, 2.24) is 0 Å². The molecule has 0 saturated heterocycles. The van der Waals surface area contributed by atoms with Crippen LogP contribution in [0.4, 0.5) is 4.39 Å². The predicted molar refractivity (Wildman–Crippen MR) is 61.1 cm³/mol. The fourth-order valence-corrected chi connectivity index (χ4v) is 1.32. The Bertz CT molecular complexity index is 331. The van der Waals surface area contributed by atoms with E-state index in [2.05, 4.69) is 0 Å². The molecule has 0 aliphatic carbocycles. The van der Waals surface area contributed by atoms with Crippen molar-refractivity contribution in [2.45, 2.75) is 20.0 Å². The van der Waals surface area contributed by atoms with Gasteiger partial charge in [0.1, 0.15) is 24.3 Å². The van der Waals surface area contributed by atoms with Crippen LogP contribution in [0.2, 0.25) is 0 Å². The average Bonchev–Trinajstić information content (AvgIpc) is 2.28. The first-order chi connectivity index (χ1) is 7.67. The molecule has 0 bridgehead atoms. The molecule has 0 spiro atoms. The molecule has 4 heteroatoms. The van der Waals surface area contributed by atoms with Crippen molar-refractivity contribution in [3.63, 3.8) is 0 Å². The van der Waals surface area contributed by atoms with Crippen molar-refractivity contribution >= 4 is 0 Å². The van der Waals surface area contributed by atoms with Crippen molar-refractivity contribution in [3.8, 4) is 5.75 Å². The average molecular weight is 227 g/mol. The van der Waals surface area contributed by atoms with Crippen LogP contribution in [0.1, 0.15) is 12.5 Å². The van der Waals surface area contributed by atoms with Gasteiger partial charge in [0.15, 0.2) is 0 Å². The van der Waals surface area contributed by atoms with Gasteiger partial charge in [-0.2, -0.15) is 0 Å². The molecule has 1 aromatic rings. The molecule has 0 aliphatic heterocycles. The Morgan fingerprint density at radius 1 is 1.44 bits per heavy atom. The van der Waals surface area contributed by atoms with Crippen LogP contribution in [0.25, 0.3) is 0 Å². The van der Waals surface area contributed by atoms with Crippen LogP contribution >= 0.6 is 0 Å². The SMILES string of the molecule is CCOC(CN)COc1ccc(F)c(C)c1. The monoisotopic (exact) mass is 227 g/mol. The van der Waals surface area contributed by atoms with Gasteiger partial charge >= 0.3 is 0 Å². The zero-order valence-electron chi connectivity index (χ0n) is 9.70. The number of rotatable bonds is 6. The van der Waals surface area contributed by atoms with Crippen molar-refractivity contribution in [3.05, 3.63) is 29.6 Å². The zero-order valence-corrected chi connectivity index (χ0v) is 9.70. The van der Waals surface area contributed by atoms with Crippen molar-refractivity contribution < 1.29 is 13.9 Å². The summed E-state index contributed by atoms with van der Waals surface area (Å²) in [6.45, 7) is 5.01. The Balaban J connectivity index is 2.50. The number of hydrogen-bond acceptors (Lipinski definition) is 3. The quantitative estimate of drug-likeness (QED) is 0.807. The molecule has 1 aromatic carbocycles. The van der Waals surface area contributed by atoms with Gasteiger partial charge in [-0.15, -0.1) is 0 Å². The van der Waals surface area contributed by atoms with E-state index in [0.29, 0.717) is 31.1 Å². The molecular formula is C12H18FNO2. The first kappa shape index (κ1) is 12.9. The summed E-state index contributed by atoms with van der Waals surface area (Å²) < 4.78 is 23.8. The van der Waals surface area contributed by atoms with E-state index >= 15 is 0 Å². The van der Waals surface area contributed by atoms with Crippen molar-refractivity contribution in [2.75, 3.05) is 19.8 Å². The van der Waals surface area contributed by atoms with Gasteiger partial charge in [-0.1, -0.05) is 0 Å². The van der Waals surface area contributed by atoms with Crippen LogP contribution in [0.3, 0.4) is 0 Å². The van der Waals surface area contributed by atoms with E-state index in [1.165, 1.54) is 6.07 Å². The van der Waals surface area contributed by atoms with E-state index in [1.54, 1.807) is 19.1 Å². The molecule has 1 rings (SSSR count). The van der Waals surface area contributed by atoms with Gasteiger partial charge in [-0.3, -0.25) is 0 Å². The zero-order chi connectivity index (χ0) is 12.0. The van der Waals surface area contributed by atoms with Crippen LogP contribution < -0.4 is 10.5 Å². The summed E-state index contributed by atoms with van der Waals surface area (Å²) in [6, 6.07) is 4.65. The number of ether oxygens (including phenoxy) is 2. The molecule has 1 atom stereocenters. The van der Waals surface area contributed by atoms with E-state index in [4.69, 9.17) is 15.2 Å². The third-order valence-electron chi connectivity index (χ3n) is 2.23. The molecule has 0 aromatic heterocycles. The molecule has 3 nitrogen and oxygen atoms in total. The van der Waals surface area contributed by atoms with E-state index < -0.39 is 0 Å². The molecule has 0 aliphatic rings. The lowest BCUT2D eigenvalue weighted by molar-refractivity contribution is 0.0336. The fraction of sp³-hybridized carbons (Fsp3) is 0.500. The molecule has 2 N–H and O–H groups in total. The molecule has 16 heavy (non-hydrogen) atoms. The highest BCUT2D eigenvalue weighted by atomic mass is 19.1. The summed E-state index contributed by atoms with van der Waals surface area (Å²) in [6.07, 6.45) is -0.115. The third kappa shape index (κ3) is 3.79. The summed E-state index contributed by atoms with van der Waals surface area (Å²) in [5.74, 6) is 0.407. The summed E-state index contributed by atoms with van der Waals surface area (Å²) in [7, 11) is 0. The highest BCUT2D eigenvalue weighted by Crippen LogP contribution is 2.16. The third-order valence-corrected chi connectivity index (χ3v) is 2.23. The lowest BCUT2D eigenvalue weighted by atomic mass is 10.2. The maximum Gasteiger partial charge on any atom is 0.126 e. The molecule has 0 amide bonds. The summed E-state index contributed by atoms with van der Waals surface area (Å²) in [4.78, 5) is 0. The number of benzene rings is 1. The summed E-state index contributed by atoms with van der Waals surface area (Å²) in [5, 5.41) is 0. The standard InChI is InChI=1S/C12H18FNO2/c1-3-15-11(7-14)8-16-10-4-5-12(13)9(2)6-10/h4-6,11H,3,7-8,14H2,1-2H3. The smallest absolute Gasteiger partial charge is 0.126 e. The van der Waals surface area contributed by atoms with Gasteiger partial charge in [0.2, 0.25) is 0 Å². The first-order valence-electron chi connectivity index (χ1n) is 5.38. The van der Waals surface area contributed by atoms with Crippen LogP contribution in [0.5, 0.6) is 5.75 Å². The van der Waals surface area contributed by atoms with Gasteiger partial charge in [0.25, 0.3) is 0 Å². The maximum atomic E-state index is 13.0. The maximum absolute atomic E-state index is 13.0. The van der Waals surface area contributed by atoms with E-state index in [-0.39, 0.29) is 11.9 Å². The summed E-state index contributed by atoms with van der Waals surface area (Å²) >= 11 is 0. The second-order valence-corrected chi connectivity index (χ2v) is 3.54. The highest BCUT2D eigenvalue weighted by Gasteiger charge is 2.07. The van der Waals surface area contributed by atoms with Gasteiger partial charge in [0.05, 0.1) is 0 Å². The fourth-order valence-electron chi connectivity index (χ4n) is 1.32. The molecule has 0 fully saturated rings. The Hall–Kier alpha value is -1.13. The molecule has 0 saturated carbocycles. The molecule has 0 radical (unpaired) electrons. The predicted octanol–water partition coefficient (Wildman–Crippen LogP) is 1.88. The molecule has 0 heterocycles. The van der Waals surface area contributed by atoms with E-state index in [0.717, 1.165) is 0 Å². The molecule has 90 valence electrons. The van der Waals surface area contributed by atoms with Gasteiger partial charge in [-0.25, -0.2) is 4.39 Å². The highest BCUT2D eigenvalue weighted by molar-refractivity contribution is 5.28. The Kier molecular flexibility index (Phi) is 5.22. The van der Waals surface area contributed by atoms with Crippen LogP contribution in [-0.2, 0) is 4.74 Å². The van der Waals surface area contributed by atoms with E-state index in [1.807, 2.05) is 6.92 Å². The topological polar surface area (TPSA) is 44.5 Å². The minimum Gasteiger partial charge on any atom is -0.491 e. The van der Waals surface area contributed by atoms with Gasteiger partial charge in [-0.05, 0) is 37.6 Å². The largest absolute Gasteiger partial charge is 0.491 e. The first-order valence-corrected chi connectivity index (χ1v) is 5.38. The second kappa shape index (κ2) is 6.45. The Morgan fingerprint density at radius 3 is 2.75 bits per heavy atom. The van der Waals surface area contributed by atoms with E-state index in [9.17, 15) is 4.39 Å². The minimum atomic E-state index is -0.229. The Morgan fingerprint density at radius 2 is 2.19 bits per heavy atom. The number of nitrogens with two attached hydrogens (primary N) is 1. The lowest BCUT2D eigenvalue weighted by Crippen LogP contribution is -2.30. The number of halogens is 1. The lowest BCUT2D eigenvalue weighted by Gasteiger charge is -2.15. The van der Waals surface area contributed by atoms with Crippen LogP contribution in [0.15, 0.2) is 18.2 Å². The molecule has 1 unspecified atom stereocenters. The number of aryl methyl sites for hydroxylation is 1. The van der Waals surface area contributed by atoms with Crippen molar-refractivity contribution in [2.24, 2.45) is 5.73 Å². The van der Waals surface area contributed by atoms with Crippen molar-refractivity contribution in [1.29, 1.82) is 0 Å². The number of hydrogen-bond donors (Lipinski definition) is 1. The van der Waals surface area contributed by atoms with Crippen LogP contribution in [-0.4, -0.2) is 25.9 Å².